The number of nitrogens with one attached hydrogen (secondary N) is 1. The molecule has 0 bridgehead atoms. The average molecular weight is 374 g/mol. The summed E-state index contributed by atoms with van der Waals surface area (Å²) in [6, 6.07) is 6.81. The topological polar surface area (TPSA) is 139 Å². The first kappa shape index (κ1) is 20.1. The third-order valence-electron chi connectivity index (χ3n) is 2.69. The van der Waals surface area contributed by atoms with Crippen LogP contribution in [-0.4, -0.2) is 51.8 Å². The van der Waals surface area contributed by atoms with Crippen molar-refractivity contribution >= 4 is 39.6 Å². The summed E-state index contributed by atoms with van der Waals surface area (Å²) in [7, 11) is 2.24. The molecular formula is C14H18N2O6S2. The number of carbonyl (C=O) groups is 3. The van der Waals surface area contributed by atoms with Gasteiger partial charge in [-0.05, 0) is 5.56 Å². The molecule has 1 rings (SSSR count). The van der Waals surface area contributed by atoms with Crippen LogP contribution in [0.5, 0.6) is 0 Å². The van der Waals surface area contributed by atoms with E-state index in [1.807, 2.05) is 6.07 Å². The van der Waals surface area contributed by atoms with Crippen molar-refractivity contribution in [2.45, 2.75) is 18.7 Å². The van der Waals surface area contributed by atoms with Crippen LogP contribution < -0.4 is 11.1 Å². The molecule has 1 aromatic rings. The normalized spacial score (nSPS) is 12.9. The Kier molecular flexibility index (Phi) is 9.05. The third kappa shape index (κ3) is 8.09. The first-order valence-corrected chi connectivity index (χ1v) is 9.31. The van der Waals surface area contributed by atoms with Crippen LogP contribution >= 0.6 is 21.6 Å². The number of alkyl carbamates (subject to hydrolysis) is 1. The summed E-state index contributed by atoms with van der Waals surface area (Å²) in [6.07, 6.45) is -0.834. The second-order valence-corrected chi connectivity index (χ2v) is 7.16. The molecule has 0 aliphatic rings. The number of ether oxygens (including phenoxy) is 1. The highest BCUT2D eigenvalue weighted by molar-refractivity contribution is 8.76. The van der Waals surface area contributed by atoms with Gasteiger partial charge in [-0.1, -0.05) is 51.9 Å². The van der Waals surface area contributed by atoms with Crippen LogP contribution in [0.4, 0.5) is 4.79 Å². The maximum atomic E-state index is 11.7. The van der Waals surface area contributed by atoms with Crippen LogP contribution in [0.25, 0.3) is 0 Å². The van der Waals surface area contributed by atoms with Gasteiger partial charge in [0.15, 0.2) is 0 Å². The maximum Gasteiger partial charge on any atom is 0.408 e. The monoisotopic (exact) mass is 374 g/mol. The summed E-state index contributed by atoms with van der Waals surface area (Å²) >= 11 is 0. The van der Waals surface area contributed by atoms with E-state index in [4.69, 9.17) is 20.7 Å². The predicted molar refractivity (Wildman–Crippen MR) is 91.7 cm³/mol. The summed E-state index contributed by atoms with van der Waals surface area (Å²) in [4.78, 5) is 33.3. The van der Waals surface area contributed by atoms with E-state index in [1.54, 1.807) is 24.3 Å². The highest BCUT2D eigenvalue weighted by atomic mass is 33.1. The number of rotatable bonds is 10. The first-order valence-electron chi connectivity index (χ1n) is 6.83. The van der Waals surface area contributed by atoms with Gasteiger partial charge < -0.3 is 26.0 Å². The van der Waals surface area contributed by atoms with Gasteiger partial charge in [-0.3, -0.25) is 4.79 Å². The first-order chi connectivity index (χ1) is 11.4. The Balaban J connectivity index is 2.32. The molecule has 0 saturated heterocycles. The van der Waals surface area contributed by atoms with E-state index in [1.165, 1.54) is 0 Å². The fourth-order valence-electron chi connectivity index (χ4n) is 1.39. The lowest BCUT2D eigenvalue weighted by atomic mass is 10.2. The SMILES string of the molecule is N[C@@H](CSSC[C@H](NC(=O)OCc1ccccc1)C(=O)O)C(=O)O. The zero-order chi connectivity index (χ0) is 17.9. The van der Waals surface area contributed by atoms with Gasteiger partial charge in [0.05, 0.1) is 0 Å². The smallest absolute Gasteiger partial charge is 0.408 e. The molecule has 8 nitrogen and oxygen atoms in total. The van der Waals surface area contributed by atoms with Crippen molar-refractivity contribution in [3.05, 3.63) is 35.9 Å². The molecule has 0 unspecified atom stereocenters. The number of hydrogen-bond donors (Lipinski definition) is 4. The van der Waals surface area contributed by atoms with Gasteiger partial charge in [-0.25, -0.2) is 9.59 Å². The molecule has 1 amide bonds. The van der Waals surface area contributed by atoms with Gasteiger partial charge >= 0.3 is 18.0 Å². The summed E-state index contributed by atoms with van der Waals surface area (Å²) in [6.45, 7) is 0.0361. The van der Waals surface area contributed by atoms with Crippen LogP contribution in [-0.2, 0) is 20.9 Å². The zero-order valence-electron chi connectivity index (χ0n) is 12.6. The molecule has 5 N–H and O–H groups in total. The lowest BCUT2D eigenvalue weighted by Gasteiger charge is -2.14. The minimum absolute atomic E-state index is 0.0361. The molecule has 10 heteroatoms. The van der Waals surface area contributed by atoms with E-state index in [2.05, 4.69) is 5.32 Å². The lowest BCUT2D eigenvalue weighted by Crippen LogP contribution is -2.42. The Hall–Kier alpha value is -1.91. The van der Waals surface area contributed by atoms with Crippen LogP contribution in [0.2, 0.25) is 0 Å². The molecule has 0 spiro atoms. The Labute approximate surface area is 146 Å². The van der Waals surface area contributed by atoms with Crippen molar-refractivity contribution in [2.75, 3.05) is 11.5 Å². The number of amides is 1. The summed E-state index contributed by atoms with van der Waals surface area (Å²) in [5.74, 6) is -2.15. The van der Waals surface area contributed by atoms with E-state index in [-0.39, 0.29) is 18.1 Å². The van der Waals surface area contributed by atoms with Gasteiger partial charge in [0.2, 0.25) is 0 Å². The van der Waals surface area contributed by atoms with Crippen molar-refractivity contribution < 1.29 is 29.3 Å². The molecule has 0 fully saturated rings. The lowest BCUT2D eigenvalue weighted by molar-refractivity contribution is -0.139. The Morgan fingerprint density at radius 1 is 1.08 bits per heavy atom. The average Bonchev–Trinajstić information content (AvgIpc) is 2.56. The Bertz CT molecular complexity index is 557. The minimum Gasteiger partial charge on any atom is -0.480 e. The molecule has 1 aromatic carbocycles. The summed E-state index contributed by atoms with van der Waals surface area (Å²) < 4.78 is 4.96. The number of carboxylic acid groups (broad SMARTS) is 2. The highest BCUT2D eigenvalue weighted by Gasteiger charge is 2.21. The van der Waals surface area contributed by atoms with Crippen molar-refractivity contribution in [3.8, 4) is 0 Å². The molecule has 0 heterocycles. The van der Waals surface area contributed by atoms with Crippen molar-refractivity contribution in [1.29, 1.82) is 0 Å². The zero-order valence-corrected chi connectivity index (χ0v) is 14.2. The van der Waals surface area contributed by atoms with Crippen LogP contribution in [0, 0.1) is 0 Å². The van der Waals surface area contributed by atoms with E-state index < -0.39 is 30.1 Å². The molecule has 24 heavy (non-hydrogen) atoms. The van der Waals surface area contributed by atoms with Crippen molar-refractivity contribution in [2.24, 2.45) is 5.73 Å². The fourth-order valence-corrected chi connectivity index (χ4v) is 3.66. The number of benzene rings is 1. The molecule has 0 aliphatic heterocycles. The van der Waals surface area contributed by atoms with Crippen molar-refractivity contribution in [3.63, 3.8) is 0 Å². The van der Waals surface area contributed by atoms with E-state index in [0.717, 1.165) is 27.2 Å². The van der Waals surface area contributed by atoms with Crippen LogP contribution in [0.15, 0.2) is 30.3 Å². The summed E-state index contributed by atoms with van der Waals surface area (Å²) in [5.41, 5.74) is 6.11. The second kappa shape index (κ2) is 10.8. The molecule has 0 saturated carbocycles. The number of hydrogen-bond acceptors (Lipinski definition) is 7. The van der Waals surface area contributed by atoms with Gasteiger partial charge in [0, 0.05) is 11.5 Å². The number of carbonyl (C=O) groups excluding carboxylic acids is 1. The van der Waals surface area contributed by atoms with Crippen molar-refractivity contribution in [1.82, 2.24) is 5.32 Å². The largest absolute Gasteiger partial charge is 0.480 e. The molecule has 0 aromatic heterocycles. The highest BCUT2D eigenvalue weighted by Crippen LogP contribution is 2.22. The second-order valence-electron chi connectivity index (χ2n) is 4.61. The summed E-state index contributed by atoms with van der Waals surface area (Å²) in [5, 5.41) is 20.0. The number of aliphatic carboxylic acids is 2. The molecule has 0 aliphatic carbocycles. The van der Waals surface area contributed by atoms with Crippen LogP contribution in [0.1, 0.15) is 5.56 Å². The van der Waals surface area contributed by atoms with E-state index in [9.17, 15) is 14.4 Å². The molecule has 0 radical (unpaired) electrons. The van der Waals surface area contributed by atoms with Gasteiger partial charge in [0.25, 0.3) is 0 Å². The van der Waals surface area contributed by atoms with Gasteiger partial charge in [-0.15, -0.1) is 0 Å². The standard InChI is InChI=1S/C14H18N2O6S2/c15-10(12(17)18)7-23-24-8-11(13(19)20)16-14(21)22-6-9-4-2-1-3-5-9/h1-5,10-11H,6-8,15H2,(H,16,21)(H,17,18)(H,19,20)/t10-,11-/m0/s1. The molecular weight excluding hydrogens is 356 g/mol. The van der Waals surface area contributed by atoms with Gasteiger partial charge in [0.1, 0.15) is 18.7 Å². The van der Waals surface area contributed by atoms with Gasteiger partial charge in [-0.2, -0.15) is 0 Å². The number of nitrogens with two attached hydrogens (primary N) is 1. The van der Waals surface area contributed by atoms with E-state index in [0.29, 0.717) is 0 Å². The maximum absolute atomic E-state index is 11.7. The quantitative estimate of drug-likeness (QED) is 0.351. The number of carboxylic acids is 2. The van der Waals surface area contributed by atoms with E-state index >= 15 is 0 Å². The Morgan fingerprint density at radius 2 is 1.71 bits per heavy atom. The third-order valence-corrected chi connectivity index (χ3v) is 5.13. The molecule has 132 valence electrons. The predicted octanol–water partition coefficient (Wildman–Crippen LogP) is 1.16. The minimum atomic E-state index is -1.21. The van der Waals surface area contributed by atoms with Crippen LogP contribution in [0.3, 0.4) is 0 Å². The molecule has 2 atom stereocenters. The Morgan fingerprint density at radius 3 is 2.29 bits per heavy atom. The fraction of sp³-hybridized carbons (Fsp3) is 0.357.